The molecule has 0 atom stereocenters. The first-order chi connectivity index (χ1) is 31.7. The molecule has 0 aliphatic carbocycles. The van der Waals surface area contributed by atoms with Gasteiger partial charge in [0.2, 0.25) is 0 Å². The smallest absolute Gasteiger partial charge is 0.160 e. The van der Waals surface area contributed by atoms with E-state index in [1.165, 1.54) is 0 Å². The molecule has 11 aromatic rings. The van der Waals surface area contributed by atoms with Gasteiger partial charge < -0.3 is 14.2 Å². The maximum Gasteiger partial charge on any atom is 0.160 e. The maximum absolute atomic E-state index is 7.13. The number of hydrogen-bond donors (Lipinski definition) is 0. The molecular weight excluding hydrogens is 781 g/mol. The summed E-state index contributed by atoms with van der Waals surface area (Å²) < 4.78 is 7.13. The van der Waals surface area contributed by atoms with E-state index < -0.39 is 0 Å². The van der Waals surface area contributed by atoms with Gasteiger partial charge in [0, 0.05) is 69.4 Å². The molecule has 0 aliphatic heterocycles. The van der Waals surface area contributed by atoms with Crippen molar-refractivity contribution in [2.75, 3.05) is 9.80 Å². The number of aromatic nitrogens is 2. The van der Waals surface area contributed by atoms with Gasteiger partial charge in [0.05, 0.1) is 5.69 Å². The first-order valence-corrected chi connectivity index (χ1v) is 21.4. The predicted octanol–water partition coefficient (Wildman–Crippen LogP) is 16.7. The molecule has 306 valence electrons. The molecule has 0 radical (unpaired) electrons. The van der Waals surface area contributed by atoms with Gasteiger partial charge in [-0.15, -0.1) is 6.58 Å². The van der Waals surface area contributed by atoms with Crippen molar-refractivity contribution < 1.29 is 4.42 Å². The van der Waals surface area contributed by atoms with Gasteiger partial charge in [0.15, 0.2) is 5.58 Å². The fourth-order valence-corrected chi connectivity index (χ4v) is 8.50. The van der Waals surface area contributed by atoms with E-state index in [9.17, 15) is 0 Å². The monoisotopic (exact) mass is 824 g/mol. The van der Waals surface area contributed by atoms with Crippen molar-refractivity contribution in [3.8, 4) is 33.4 Å². The topological polar surface area (TPSA) is 45.4 Å². The Morgan fingerprint density at radius 1 is 0.406 bits per heavy atom. The highest BCUT2D eigenvalue weighted by Crippen LogP contribution is 2.47. The van der Waals surface area contributed by atoms with Crippen LogP contribution in [0.5, 0.6) is 0 Å². The van der Waals surface area contributed by atoms with E-state index in [1.807, 2.05) is 31.5 Å². The highest BCUT2D eigenvalue weighted by atomic mass is 16.3. The second-order valence-corrected chi connectivity index (χ2v) is 15.5. The Morgan fingerprint density at radius 3 is 1.44 bits per heavy atom. The zero-order valence-electron chi connectivity index (χ0n) is 35.4. The van der Waals surface area contributed by atoms with E-state index in [-0.39, 0.29) is 0 Å². The molecule has 0 aliphatic rings. The minimum absolute atomic E-state index is 0.827. The number of para-hydroxylation sites is 2. The molecule has 0 saturated carbocycles. The molecule has 3 heterocycles. The minimum atomic E-state index is 0.827. The number of furan rings is 1. The summed E-state index contributed by atoms with van der Waals surface area (Å²) in [5, 5.41) is 4.38. The molecule has 0 amide bonds. The van der Waals surface area contributed by atoms with Gasteiger partial charge in [-0.1, -0.05) is 127 Å². The second kappa shape index (κ2) is 17.8. The molecule has 11 rings (SSSR count). The maximum atomic E-state index is 7.13. The van der Waals surface area contributed by atoms with Gasteiger partial charge in [0.25, 0.3) is 0 Å². The number of benzene rings is 8. The Morgan fingerprint density at radius 2 is 0.891 bits per heavy atom. The van der Waals surface area contributed by atoms with Crippen LogP contribution in [-0.2, 0) is 0 Å². The van der Waals surface area contributed by atoms with Crippen molar-refractivity contribution in [3.05, 3.63) is 244 Å². The third-order valence-corrected chi connectivity index (χ3v) is 11.4. The number of nitrogens with zero attached hydrogens (tertiary/aromatic N) is 4. The number of pyridine rings is 2. The van der Waals surface area contributed by atoms with E-state index in [0.717, 1.165) is 100 Å². The van der Waals surface area contributed by atoms with Gasteiger partial charge in [-0.3, -0.25) is 9.97 Å². The number of rotatable bonds is 9. The lowest BCUT2D eigenvalue weighted by molar-refractivity contribution is 0.673. The van der Waals surface area contributed by atoms with Crippen LogP contribution < -0.4 is 9.80 Å². The molecule has 0 bridgehead atoms. The van der Waals surface area contributed by atoms with E-state index in [0.29, 0.717) is 0 Å². The highest BCUT2D eigenvalue weighted by molar-refractivity contribution is 6.21. The zero-order chi connectivity index (χ0) is 43.2. The van der Waals surface area contributed by atoms with Crippen molar-refractivity contribution in [2.24, 2.45) is 0 Å². The fourth-order valence-electron chi connectivity index (χ4n) is 8.50. The Labute approximate surface area is 373 Å². The first-order valence-electron chi connectivity index (χ1n) is 21.4. The largest absolute Gasteiger partial charge is 0.453 e. The van der Waals surface area contributed by atoms with Crippen molar-refractivity contribution in [3.63, 3.8) is 0 Å². The summed E-state index contributed by atoms with van der Waals surface area (Å²) in [5.74, 6) is 0. The van der Waals surface area contributed by atoms with Crippen LogP contribution in [0.2, 0.25) is 0 Å². The highest BCUT2D eigenvalue weighted by Gasteiger charge is 2.23. The number of allylic oxidation sites excluding steroid dienone is 1. The molecule has 0 unspecified atom stereocenters. The van der Waals surface area contributed by atoms with Crippen LogP contribution in [0.1, 0.15) is 6.92 Å². The Hall–Kier alpha value is -8.54. The van der Waals surface area contributed by atoms with Gasteiger partial charge in [-0.05, 0) is 131 Å². The summed E-state index contributed by atoms with van der Waals surface area (Å²) in [7, 11) is 0. The average Bonchev–Trinajstić information content (AvgIpc) is 3.77. The minimum Gasteiger partial charge on any atom is -0.453 e. The van der Waals surface area contributed by atoms with Crippen LogP contribution in [0, 0.1) is 0 Å². The van der Waals surface area contributed by atoms with Crippen LogP contribution in [0.3, 0.4) is 0 Å². The molecule has 8 aromatic carbocycles. The third kappa shape index (κ3) is 7.67. The van der Waals surface area contributed by atoms with Crippen molar-refractivity contribution in [2.45, 2.75) is 6.92 Å². The average molecular weight is 825 g/mol. The number of fused-ring (bicyclic) bond motifs is 5. The normalized spacial score (nSPS) is 11.0. The van der Waals surface area contributed by atoms with Crippen LogP contribution in [0.15, 0.2) is 248 Å². The summed E-state index contributed by atoms with van der Waals surface area (Å²) in [6.07, 6.45) is 9.16. The summed E-state index contributed by atoms with van der Waals surface area (Å²) in [5.41, 5.74) is 14.5. The number of anilines is 6. The molecule has 0 fully saturated rings. The third-order valence-electron chi connectivity index (χ3n) is 11.4. The number of hydrogen-bond acceptors (Lipinski definition) is 5. The standard InChI is InChI=1S/C56H38N4O.C3H6/c1-3-14-45(15-4-1)59(47-26-19-39(20-27-47)43-12-9-35-57-37-43)48-30-23-42(24-31-48)50-33-34-53(56-54(50)52-32-25-41-11-7-8-18-51(41)55(52)61-56)60(46-16-5-2-6-17-46)49-28-21-40(22-29-49)44-13-10-36-58-38-44;1-3-2/h1-38H;3H,1H2,2H3. The van der Waals surface area contributed by atoms with Crippen molar-refractivity contribution in [1.29, 1.82) is 0 Å². The van der Waals surface area contributed by atoms with Crippen LogP contribution >= 0.6 is 0 Å². The zero-order valence-corrected chi connectivity index (χ0v) is 35.4. The lowest BCUT2D eigenvalue weighted by Gasteiger charge is -2.26. The molecule has 64 heavy (non-hydrogen) atoms. The second-order valence-electron chi connectivity index (χ2n) is 15.5. The predicted molar refractivity (Wildman–Crippen MR) is 268 cm³/mol. The van der Waals surface area contributed by atoms with Crippen molar-refractivity contribution >= 4 is 66.8 Å². The SMILES string of the molecule is C=CC.c1ccc(N(c2ccc(-c3cccnc3)cc2)c2ccc(-c3ccc(N(c4ccccc4)c4ccc(-c5cccnc5)cc4)c4oc5c6ccccc6ccc5c34)cc2)cc1. The Kier molecular flexibility index (Phi) is 11.0. The van der Waals surface area contributed by atoms with Crippen LogP contribution in [-0.4, -0.2) is 9.97 Å². The molecular formula is C59H44N4O. The molecule has 3 aromatic heterocycles. The lowest BCUT2D eigenvalue weighted by atomic mass is 9.96. The van der Waals surface area contributed by atoms with Gasteiger partial charge in [-0.25, -0.2) is 0 Å². The molecule has 0 spiro atoms. The Bertz CT molecular complexity index is 3310. The molecule has 5 nitrogen and oxygen atoms in total. The summed E-state index contributed by atoms with van der Waals surface area (Å²) in [4.78, 5) is 13.3. The first kappa shape index (κ1) is 39.6. The molecule has 0 saturated heterocycles. The van der Waals surface area contributed by atoms with E-state index >= 15 is 0 Å². The molecule has 0 N–H and O–H groups in total. The van der Waals surface area contributed by atoms with E-state index in [1.54, 1.807) is 18.5 Å². The van der Waals surface area contributed by atoms with Gasteiger partial charge in [0.1, 0.15) is 5.58 Å². The van der Waals surface area contributed by atoms with Crippen molar-refractivity contribution in [1.82, 2.24) is 9.97 Å². The summed E-state index contributed by atoms with van der Waals surface area (Å²) in [6, 6.07) is 72.8. The summed E-state index contributed by atoms with van der Waals surface area (Å²) in [6.45, 7) is 5.25. The quantitative estimate of drug-likeness (QED) is 0.136. The Balaban J connectivity index is 0.00000157. The van der Waals surface area contributed by atoms with E-state index in [2.05, 4.69) is 220 Å². The van der Waals surface area contributed by atoms with Gasteiger partial charge >= 0.3 is 0 Å². The fraction of sp³-hybridized carbons (Fsp3) is 0.0169. The van der Waals surface area contributed by atoms with Crippen LogP contribution in [0.25, 0.3) is 66.1 Å². The molecule has 5 heteroatoms. The van der Waals surface area contributed by atoms with E-state index in [4.69, 9.17) is 4.42 Å². The lowest BCUT2D eigenvalue weighted by Crippen LogP contribution is -2.10. The van der Waals surface area contributed by atoms with Gasteiger partial charge in [-0.2, -0.15) is 0 Å². The summed E-state index contributed by atoms with van der Waals surface area (Å²) >= 11 is 0. The van der Waals surface area contributed by atoms with Crippen LogP contribution in [0.4, 0.5) is 34.1 Å².